The van der Waals surface area contributed by atoms with Crippen molar-refractivity contribution in [3.8, 4) is 5.69 Å². The molecule has 1 N–H and O–H groups in total. The van der Waals surface area contributed by atoms with Crippen molar-refractivity contribution < 1.29 is 43.0 Å². The van der Waals surface area contributed by atoms with Gasteiger partial charge in [0.2, 0.25) is 0 Å². The molecule has 4 aromatic rings. The van der Waals surface area contributed by atoms with Gasteiger partial charge in [0.15, 0.2) is 0 Å². The number of fused-ring (bicyclic) bond motifs is 7. The second-order valence-electron chi connectivity index (χ2n) is 13.5. The molecule has 3 aliphatic heterocycles. The molecule has 7 atom stereocenters. The van der Waals surface area contributed by atoms with Crippen molar-refractivity contribution in [1.82, 2.24) is 14.1 Å². The number of aliphatic hydroxyl groups excluding tert-OH is 1. The standard InChI is InChI=1S/C32H37N3O9/c1-17-10-19(33-34-21-4-2-3-5-22(21)35(33)34)7-6-18(17)8-9-37-11-20(36)12-38-13-32(14-39-23-26-27(23)42-26,15-40-24-28-29(24)43-28)16-41-25-30-31(25)44-30/h2-7,10,20,23-31,36H,8-9,11-16H2,1H3. The van der Waals surface area contributed by atoms with Gasteiger partial charge in [-0.2, -0.15) is 4.80 Å². The van der Waals surface area contributed by atoms with Gasteiger partial charge in [0.1, 0.15) is 72.1 Å². The van der Waals surface area contributed by atoms with E-state index < -0.39 is 11.5 Å². The van der Waals surface area contributed by atoms with Crippen LogP contribution in [-0.2, 0) is 44.3 Å². The first-order valence-electron chi connectivity index (χ1n) is 15.8. The fourth-order valence-corrected chi connectivity index (χ4v) is 6.40. The van der Waals surface area contributed by atoms with Crippen molar-refractivity contribution in [3.63, 3.8) is 0 Å². The van der Waals surface area contributed by atoms with Crippen LogP contribution in [0.25, 0.3) is 16.7 Å². The number of benzene rings is 2. The summed E-state index contributed by atoms with van der Waals surface area (Å²) in [6.07, 6.45) is 2.06. The average Bonchev–Trinajstić information content (AvgIpc) is 3.78. The molecular formula is C32H37N3O9. The van der Waals surface area contributed by atoms with Crippen LogP contribution in [-0.4, -0.2) is 126 Å². The molecule has 0 bridgehead atoms. The highest BCUT2D eigenvalue weighted by molar-refractivity contribution is 5.79. The van der Waals surface area contributed by atoms with Crippen LogP contribution in [0.3, 0.4) is 0 Å². The van der Waals surface area contributed by atoms with Crippen molar-refractivity contribution in [2.45, 2.75) is 74.4 Å². The molecule has 3 saturated heterocycles. The van der Waals surface area contributed by atoms with Crippen molar-refractivity contribution in [2.24, 2.45) is 5.41 Å². The van der Waals surface area contributed by atoms with Crippen LogP contribution in [0, 0.1) is 12.3 Å². The van der Waals surface area contributed by atoms with E-state index in [0.717, 1.165) is 12.1 Å². The highest BCUT2D eigenvalue weighted by Crippen LogP contribution is 2.52. The largest absolute Gasteiger partial charge is 0.388 e. The molecule has 10 rings (SSSR count). The van der Waals surface area contributed by atoms with Crippen LogP contribution in [0.1, 0.15) is 11.1 Å². The Bertz CT molecular complexity index is 1550. The quantitative estimate of drug-likeness (QED) is 0.124. The summed E-state index contributed by atoms with van der Waals surface area (Å²) in [5.74, 6) is 0. The van der Waals surface area contributed by atoms with Crippen LogP contribution in [0.5, 0.6) is 0 Å². The lowest BCUT2D eigenvalue weighted by atomic mass is 9.92. The van der Waals surface area contributed by atoms with Gasteiger partial charge in [0, 0.05) is 0 Å². The monoisotopic (exact) mass is 607 g/mol. The first-order chi connectivity index (χ1) is 21.6. The normalized spacial score (nSPS) is 35.4. The topological polar surface area (TPSA) is 118 Å². The van der Waals surface area contributed by atoms with Gasteiger partial charge in [-0.1, -0.05) is 18.2 Å². The van der Waals surface area contributed by atoms with E-state index in [1.165, 1.54) is 22.2 Å². The molecule has 3 aliphatic carbocycles. The van der Waals surface area contributed by atoms with Crippen molar-refractivity contribution in [3.05, 3.63) is 53.6 Å². The molecule has 6 aliphatic rings. The lowest BCUT2D eigenvalue weighted by Crippen LogP contribution is -2.44. The van der Waals surface area contributed by atoms with Gasteiger partial charge in [-0.25, -0.2) is 0 Å². The SMILES string of the molecule is Cc1cc(-n2n3c4ccccc4n23)ccc1CCOCC(O)COCC(COC1C2OC12)(COC1C2OC12)COC1C2OC12. The molecule has 5 heterocycles. The van der Waals surface area contributed by atoms with Crippen molar-refractivity contribution >= 4 is 11.0 Å². The van der Waals surface area contributed by atoms with Gasteiger partial charge < -0.3 is 43.0 Å². The van der Waals surface area contributed by atoms with E-state index in [1.54, 1.807) is 0 Å². The Morgan fingerprint density at radius 3 is 1.80 bits per heavy atom. The summed E-state index contributed by atoms with van der Waals surface area (Å²) < 4.78 is 50.9. The molecule has 6 fully saturated rings. The molecule has 0 spiro atoms. The minimum Gasteiger partial charge on any atom is -0.388 e. The van der Waals surface area contributed by atoms with E-state index in [4.69, 9.17) is 37.9 Å². The Labute approximate surface area is 253 Å². The van der Waals surface area contributed by atoms with E-state index in [-0.39, 0.29) is 68.1 Å². The third-order valence-corrected chi connectivity index (χ3v) is 9.87. The van der Waals surface area contributed by atoms with E-state index in [9.17, 15) is 5.11 Å². The molecular weight excluding hydrogens is 570 g/mol. The van der Waals surface area contributed by atoms with E-state index >= 15 is 0 Å². The Morgan fingerprint density at radius 2 is 1.30 bits per heavy atom. The molecule has 234 valence electrons. The van der Waals surface area contributed by atoms with Crippen molar-refractivity contribution in [2.75, 3.05) is 46.2 Å². The first kappa shape index (κ1) is 26.7. The summed E-state index contributed by atoms with van der Waals surface area (Å²) >= 11 is 0. The number of nitrogens with zero attached hydrogens (tertiary/aromatic N) is 3. The van der Waals surface area contributed by atoms with E-state index in [1.807, 2.05) is 0 Å². The maximum absolute atomic E-state index is 10.6. The molecule has 7 unspecified atom stereocenters. The third-order valence-electron chi connectivity index (χ3n) is 9.87. The number of para-hydroxylation sites is 2. The number of aryl methyl sites for hydroxylation is 1. The molecule has 12 nitrogen and oxygen atoms in total. The second-order valence-corrected chi connectivity index (χ2v) is 13.5. The number of aliphatic hydroxyl groups is 1. The van der Waals surface area contributed by atoms with Gasteiger partial charge in [0.05, 0.1) is 57.4 Å². The number of rotatable bonds is 19. The zero-order valence-electron chi connectivity index (χ0n) is 24.5. The zero-order valence-corrected chi connectivity index (χ0v) is 24.5. The first-order valence-corrected chi connectivity index (χ1v) is 15.8. The summed E-state index contributed by atoms with van der Waals surface area (Å²) in [7, 11) is 0. The minimum absolute atomic E-state index is 0.161. The smallest absolute Gasteiger partial charge is 0.116 e. The summed E-state index contributed by atoms with van der Waals surface area (Å²) in [5.41, 5.74) is 5.55. The summed E-state index contributed by atoms with van der Waals surface area (Å²) in [6.45, 7) is 4.72. The molecule has 44 heavy (non-hydrogen) atoms. The van der Waals surface area contributed by atoms with Gasteiger partial charge in [-0.05, 0) is 48.7 Å². The van der Waals surface area contributed by atoms with Crippen LogP contribution in [0.2, 0.25) is 0 Å². The predicted molar refractivity (Wildman–Crippen MR) is 153 cm³/mol. The summed E-state index contributed by atoms with van der Waals surface area (Å²) in [5, 5.41) is 10.6. The van der Waals surface area contributed by atoms with Crippen LogP contribution in [0.4, 0.5) is 0 Å². The lowest BCUT2D eigenvalue weighted by molar-refractivity contribution is -0.148. The van der Waals surface area contributed by atoms with E-state index in [0.29, 0.717) is 33.0 Å². The second kappa shape index (κ2) is 9.74. The molecule has 0 radical (unpaired) electrons. The number of epoxide rings is 3. The van der Waals surface area contributed by atoms with E-state index in [2.05, 4.69) is 63.4 Å². The van der Waals surface area contributed by atoms with Crippen LogP contribution in [0.15, 0.2) is 42.5 Å². The number of hydrogen-bond donors (Lipinski definition) is 1. The maximum Gasteiger partial charge on any atom is 0.116 e. The molecule has 2 aromatic heterocycles. The number of ether oxygens (including phenoxy) is 8. The molecule has 2 aromatic carbocycles. The Balaban J connectivity index is 0.700. The fraction of sp³-hybridized carbons (Fsp3) is 0.625. The maximum atomic E-state index is 10.6. The highest BCUT2D eigenvalue weighted by Gasteiger charge is 2.71. The van der Waals surface area contributed by atoms with Crippen LogP contribution < -0.4 is 0 Å². The van der Waals surface area contributed by atoms with Gasteiger partial charge in [0.25, 0.3) is 0 Å². The molecule has 3 saturated carbocycles. The fourth-order valence-electron chi connectivity index (χ4n) is 6.40. The predicted octanol–water partition coefficient (Wildman–Crippen LogP) is 1.15. The Kier molecular flexibility index (Phi) is 5.91. The highest BCUT2D eigenvalue weighted by atomic mass is 16.7. The molecule has 0 amide bonds. The number of hydrogen-bond acceptors (Lipinski definition) is 9. The van der Waals surface area contributed by atoms with Crippen molar-refractivity contribution in [1.29, 1.82) is 0 Å². The third kappa shape index (κ3) is 4.70. The zero-order chi connectivity index (χ0) is 29.2. The number of aromatic nitrogens is 3. The van der Waals surface area contributed by atoms with Gasteiger partial charge in [-0.3, -0.25) is 0 Å². The van der Waals surface area contributed by atoms with Crippen LogP contribution >= 0.6 is 0 Å². The lowest BCUT2D eigenvalue weighted by Gasteiger charge is -2.34. The minimum atomic E-state index is -0.736. The molecule has 12 heteroatoms. The van der Waals surface area contributed by atoms with Gasteiger partial charge >= 0.3 is 0 Å². The average molecular weight is 608 g/mol. The summed E-state index contributed by atoms with van der Waals surface area (Å²) in [4.78, 5) is 2.17. The Morgan fingerprint density at radius 1 is 0.750 bits per heavy atom. The van der Waals surface area contributed by atoms with Gasteiger partial charge in [-0.15, -0.1) is 9.26 Å². The summed E-state index contributed by atoms with van der Waals surface area (Å²) in [6, 6.07) is 14.9. The Hall–Kier alpha value is -2.52.